The summed E-state index contributed by atoms with van der Waals surface area (Å²) >= 11 is 0. The predicted molar refractivity (Wildman–Crippen MR) is 55.9 cm³/mol. The van der Waals surface area contributed by atoms with Crippen molar-refractivity contribution >= 4 is 16.4 Å². The topological polar surface area (TPSA) is 9.23 Å². The summed E-state index contributed by atoms with van der Waals surface area (Å²) in [6, 6.07) is 0. The number of ether oxygens (including phenoxy) is 1. The first kappa shape index (κ1) is 8.76. The SMILES string of the molecule is C=S(C1CCCC1)C1CCCO1. The lowest BCUT2D eigenvalue weighted by molar-refractivity contribution is 0.173. The van der Waals surface area contributed by atoms with Gasteiger partial charge in [-0.15, -0.1) is 0 Å². The van der Waals surface area contributed by atoms with E-state index in [2.05, 4.69) is 5.87 Å². The third-order valence-corrected chi connectivity index (χ3v) is 5.33. The Labute approximate surface area is 77.4 Å². The van der Waals surface area contributed by atoms with Gasteiger partial charge in [0.2, 0.25) is 0 Å². The van der Waals surface area contributed by atoms with Crippen molar-refractivity contribution in [2.24, 2.45) is 0 Å². The summed E-state index contributed by atoms with van der Waals surface area (Å²) in [6.45, 7) is 0.983. The molecule has 1 saturated heterocycles. The molecule has 2 heteroatoms. The van der Waals surface area contributed by atoms with Crippen molar-refractivity contribution in [3.63, 3.8) is 0 Å². The van der Waals surface area contributed by atoms with Crippen LogP contribution in [-0.2, 0) is 4.74 Å². The molecule has 2 aliphatic rings. The quantitative estimate of drug-likeness (QED) is 0.603. The number of rotatable bonds is 2. The molecule has 0 aromatic rings. The van der Waals surface area contributed by atoms with Crippen LogP contribution >= 0.6 is 10.5 Å². The average molecular weight is 186 g/mol. The van der Waals surface area contributed by atoms with Gasteiger partial charge in [-0.3, -0.25) is 0 Å². The highest BCUT2D eigenvalue weighted by Crippen LogP contribution is 2.40. The van der Waals surface area contributed by atoms with Crippen molar-refractivity contribution in [3.05, 3.63) is 0 Å². The van der Waals surface area contributed by atoms with Crippen molar-refractivity contribution in [2.75, 3.05) is 6.61 Å². The minimum atomic E-state index is 0.307. The van der Waals surface area contributed by atoms with Gasteiger partial charge in [-0.05, 0) is 25.7 Å². The van der Waals surface area contributed by atoms with Gasteiger partial charge in [0.15, 0.2) is 0 Å². The molecule has 12 heavy (non-hydrogen) atoms. The molecule has 0 aromatic heterocycles. The molecular weight excluding hydrogens is 168 g/mol. The zero-order valence-corrected chi connectivity index (χ0v) is 8.44. The van der Waals surface area contributed by atoms with Crippen LogP contribution in [0, 0.1) is 0 Å². The second-order valence-electron chi connectivity index (χ2n) is 3.82. The molecule has 0 amide bonds. The highest BCUT2D eigenvalue weighted by molar-refractivity contribution is 8.15. The zero-order valence-electron chi connectivity index (χ0n) is 7.63. The maximum atomic E-state index is 5.68. The Kier molecular flexibility index (Phi) is 2.87. The van der Waals surface area contributed by atoms with Crippen LogP contribution < -0.4 is 0 Å². The first-order chi connectivity index (χ1) is 5.88. The fourth-order valence-electron chi connectivity index (χ4n) is 2.19. The van der Waals surface area contributed by atoms with E-state index < -0.39 is 0 Å². The molecule has 2 atom stereocenters. The minimum Gasteiger partial charge on any atom is -0.368 e. The van der Waals surface area contributed by atoms with E-state index in [0.29, 0.717) is 15.9 Å². The van der Waals surface area contributed by atoms with Crippen LogP contribution in [0.15, 0.2) is 0 Å². The Morgan fingerprint density at radius 1 is 1.08 bits per heavy atom. The Morgan fingerprint density at radius 3 is 2.42 bits per heavy atom. The second kappa shape index (κ2) is 3.93. The van der Waals surface area contributed by atoms with Gasteiger partial charge in [0.1, 0.15) is 0 Å². The largest absolute Gasteiger partial charge is 0.368 e. The van der Waals surface area contributed by atoms with Crippen molar-refractivity contribution < 1.29 is 4.74 Å². The summed E-state index contributed by atoms with van der Waals surface area (Å²) in [5, 5.41) is 0.896. The smallest absolute Gasteiger partial charge is 0.0979 e. The molecule has 2 rings (SSSR count). The molecule has 1 aliphatic heterocycles. The third-order valence-electron chi connectivity index (χ3n) is 2.96. The Bertz CT molecular complexity index is 149. The summed E-state index contributed by atoms with van der Waals surface area (Å²) in [7, 11) is 0.307. The van der Waals surface area contributed by atoms with E-state index in [1.54, 1.807) is 0 Å². The molecule has 1 saturated carbocycles. The Balaban J connectivity index is 1.89. The Morgan fingerprint density at radius 2 is 1.83 bits per heavy atom. The summed E-state index contributed by atoms with van der Waals surface area (Å²) in [5.41, 5.74) is 0.521. The van der Waals surface area contributed by atoms with Gasteiger partial charge in [0.25, 0.3) is 0 Å². The van der Waals surface area contributed by atoms with Gasteiger partial charge in [0, 0.05) is 11.9 Å². The molecule has 2 unspecified atom stereocenters. The van der Waals surface area contributed by atoms with E-state index in [1.165, 1.54) is 38.5 Å². The standard InChI is InChI=1S/C10H18OS/c1-12(9-5-2-3-6-9)10-7-4-8-11-10/h9-10H,1-8H2. The first-order valence-corrected chi connectivity index (χ1v) is 6.53. The molecule has 0 N–H and O–H groups in total. The summed E-state index contributed by atoms with van der Waals surface area (Å²) in [6.07, 6.45) is 8.20. The Hall–Kier alpha value is 0.180. The van der Waals surface area contributed by atoms with Crippen LogP contribution in [0.4, 0.5) is 0 Å². The molecule has 1 nitrogen and oxygen atoms in total. The summed E-state index contributed by atoms with van der Waals surface area (Å²) in [4.78, 5) is 0. The fraction of sp³-hybridized carbons (Fsp3) is 0.900. The molecule has 0 spiro atoms. The van der Waals surface area contributed by atoms with Gasteiger partial charge in [-0.1, -0.05) is 18.7 Å². The molecule has 70 valence electrons. The van der Waals surface area contributed by atoms with E-state index in [-0.39, 0.29) is 0 Å². The van der Waals surface area contributed by atoms with Gasteiger partial charge >= 0.3 is 0 Å². The lowest BCUT2D eigenvalue weighted by atomic mass is 10.4. The monoisotopic (exact) mass is 186 g/mol. The van der Waals surface area contributed by atoms with Crippen molar-refractivity contribution in [3.8, 4) is 0 Å². The second-order valence-corrected chi connectivity index (χ2v) is 5.95. The highest BCUT2D eigenvalue weighted by atomic mass is 32.2. The molecule has 0 aromatic carbocycles. The zero-order chi connectivity index (χ0) is 8.39. The van der Waals surface area contributed by atoms with E-state index in [1.807, 2.05) is 0 Å². The summed E-state index contributed by atoms with van der Waals surface area (Å²) in [5.74, 6) is 4.30. The van der Waals surface area contributed by atoms with E-state index in [9.17, 15) is 0 Å². The lowest BCUT2D eigenvalue weighted by Gasteiger charge is -2.20. The molecular formula is C10H18OS. The van der Waals surface area contributed by atoms with Crippen LogP contribution in [0.1, 0.15) is 38.5 Å². The van der Waals surface area contributed by atoms with E-state index in [0.717, 1.165) is 11.9 Å². The van der Waals surface area contributed by atoms with Crippen molar-refractivity contribution in [2.45, 2.75) is 49.2 Å². The molecule has 1 aliphatic carbocycles. The maximum Gasteiger partial charge on any atom is 0.0979 e. The normalized spacial score (nSPS) is 34.2. The van der Waals surface area contributed by atoms with Crippen LogP contribution in [0.5, 0.6) is 0 Å². The minimum absolute atomic E-state index is 0.307. The molecule has 1 heterocycles. The van der Waals surface area contributed by atoms with Gasteiger partial charge in [-0.25, -0.2) is 0 Å². The van der Waals surface area contributed by atoms with E-state index >= 15 is 0 Å². The first-order valence-electron chi connectivity index (χ1n) is 5.01. The lowest BCUT2D eigenvalue weighted by Crippen LogP contribution is -2.09. The fourth-order valence-corrected chi connectivity index (χ4v) is 4.30. The van der Waals surface area contributed by atoms with Crippen molar-refractivity contribution in [1.82, 2.24) is 0 Å². The average Bonchev–Trinajstić information content (AvgIpc) is 2.77. The highest BCUT2D eigenvalue weighted by Gasteiger charge is 2.25. The third kappa shape index (κ3) is 1.74. The van der Waals surface area contributed by atoms with Crippen molar-refractivity contribution in [1.29, 1.82) is 0 Å². The predicted octanol–water partition coefficient (Wildman–Crippen LogP) is 2.77. The van der Waals surface area contributed by atoms with E-state index in [4.69, 9.17) is 4.74 Å². The summed E-state index contributed by atoms with van der Waals surface area (Å²) < 4.78 is 5.68. The van der Waals surface area contributed by atoms with Crippen LogP contribution in [0.25, 0.3) is 0 Å². The van der Waals surface area contributed by atoms with Crippen LogP contribution in [0.2, 0.25) is 0 Å². The maximum absolute atomic E-state index is 5.68. The van der Waals surface area contributed by atoms with Gasteiger partial charge < -0.3 is 4.74 Å². The van der Waals surface area contributed by atoms with Crippen LogP contribution in [-0.4, -0.2) is 23.2 Å². The number of hydrogen-bond donors (Lipinski definition) is 0. The molecule has 0 radical (unpaired) electrons. The molecule has 0 bridgehead atoms. The van der Waals surface area contributed by atoms with Gasteiger partial charge in [0.05, 0.1) is 5.44 Å². The molecule has 2 fully saturated rings. The van der Waals surface area contributed by atoms with Gasteiger partial charge in [-0.2, -0.15) is 10.5 Å². The number of hydrogen-bond acceptors (Lipinski definition) is 1. The van der Waals surface area contributed by atoms with Crippen LogP contribution in [0.3, 0.4) is 0 Å².